The van der Waals surface area contributed by atoms with Gasteiger partial charge in [0.05, 0.1) is 0 Å². The van der Waals surface area contributed by atoms with E-state index in [0.29, 0.717) is 0 Å². The Balaban J connectivity index is 4.21. The van der Waals surface area contributed by atoms with Gasteiger partial charge < -0.3 is 8.23 Å². The minimum Gasteiger partial charge on any atom is -0.461 e. The van der Waals surface area contributed by atoms with Gasteiger partial charge in [-0.2, -0.15) is 0 Å². The largest absolute Gasteiger partial charge is 0.461 e. The summed E-state index contributed by atoms with van der Waals surface area (Å²) in [6.07, 6.45) is 0. The molecule has 0 heterocycles. The molecule has 98 valence electrons. The highest BCUT2D eigenvalue weighted by Crippen LogP contribution is 2.22. The van der Waals surface area contributed by atoms with Crippen molar-refractivity contribution >= 4 is 34.5 Å². The zero-order chi connectivity index (χ0) is 13.0. The molecule has 1 atom stereocenters. The van der Waals surface area contributed by atoms with Crippen molar-refractivity contribution in [2.75, 3.05) is 0 Å². The lowest BCUT2D eigenvalue weighted by Crippen LogP contribution is -2.45. The molecule has 0 amide bonds. The molecule has 6 heteroatoms. The fraction of sp³-hybridized carbons (Fsp3) is 1.00. The standard InChI is InChI=1S/C10H30O2Si4/c1-9-14(13-11-15(4,5)6)12-16(7,8)10(2)3/h10,14H,9,13H2,1-8H3. The lowest BCUT2D eigenvalue weighted by atomic mass is 10.6. The van der Waals surface area contributed by atoms with Crippen LogP contribution in [0.4, 0.5) is 0 Å². The number of hydrogen-bond acceptors (Lipinski definition) is 2. The second-order valence-corrected chi connectivity index (χ2v) is 23.1. The molecule has 0 aromatic heterocycles. The van der Waals surface area contributed by atoms with Crippen LogP contribution in [-0.2, 0) is 8.23 Å². The highest BCUT2D eigenvalue weighted by atomic mass is 29.2. The fourth-order valence-corrected chi connectivity index (χ4v) is 20.9. The molecule has 0 N–H and O–H groups in total. The van der Waals surface area contributed by atoms with E-state index in [4.69, 9.17) is 8.23 Å². The third-order valence-corrected chi connectivity index (χ3v) is 20.8. The quantitative estimate of drug-likeness (QED) is 0.672. The van der Waals surface area contributed by atoms with Crippen LogP contribution in [0.5, 0.6) is 0 Å². The molecule has 0 radical (unpaired) electrons. The van der Waals surface area contributed by atoms with Gasteiger partial charge in [-0.1, -0.05) is 20.8 Å². The van der Waals surface area contributed by atoms with E-state index < -0.39 is 25.2 Å². The molecule has 0 aliphatic rings. The van der Waals surface area contributed by atoms with Crippen molar-refractivity contribution < 1.29 is 8.23 Å². The minimum absolute atomic E-state index is 0.378. The van der Waals surface area contributed by atoms with Crippen molar-refractivity contribution in [1.82, 2.24) is 0 Å². The van der Waals surface area contributed by atoms with Crippen LogP contribution in [0, 0.1) is 0 Å². The van der Waals surface area contributed by atoms with Crippen LogP contribution in [0.3, 0.4) is 0 Å². The van der Waals surface area contributed by atoms with E-state index in [-0.39, 0.29) is 9.28 Å². The van der Waals surface area contributed by atoms with Crippen LogP contribution in [0.25, 0.3) is 0 Å². The summed E-state index contributed by atoms with van der Waals surface area (Å²) in [5.41, 5.74) is 0.718. The smallest absolute Gasteiger partial charge is 0.175 e. The molecule has 16 heavy (non-hydrogen) atoms. The van der Waals surface area contributed by atoms with Gasteiger partial charge in [-0.15, -0.1) is 0 Å². The first-order chi connectivity index (χ1) is 7.08. The van der Waals surface area contributed by atoms with E-state index >= 15 is 0 Å². The van der Waals surface area contributed by atoms with Crippen molar-refractivity contribution in [2.45, 2.75) is 65.1 Å². The van der Waals surface area contributed by atoms with Gasteiger partial charge in [0.15, 0.2) is 34.5 Å². The van der Waals surface area contributed by atoms with E-state index in [9.17, 15) is 0 Å². The summed E-state index contributed by atoms with van der Waals surface area (Å²) in [5.74, 6) is 0. The molecular formula is C10H30O2Si4. The van der Waals surface area contributed by atoms with E-state index in [2.05, 4.69) is 53.5 Å². The SMILES string of the molecule is CC[SiH](O[Si](C)(C)C(C)C)[SiH2]O[Si](C)(C)C. The molecule has 0 aliphatic carbocycles. The average molecular weight is 295 g/mol. The third-order valence-electron chi connectivity index (χ3n) is 3.02. The van der Waals surface area contributed by atoms with Crippen molar-refractivity contribution in [3.05, 3.63) is 0 Å². The van der Waals surface area contributed by atoms with Crippen LogP contribution >= 0.6 is 0 Å². The maximum absolute atomic E-state index is 6.48. The summed E-state index contributed by atoms with van der Waals surface area (Å²) in [4.78, 5) is 0. The number of rotatable bonds is 7. The first-order valence-electron chi connectivity index (χ1n) is 6.40. The average Bonchev–Trinajstić information content (AvgIpc) is 2.10. The Morgan fingerprint density at radius 2 is 1.62 bits per heavy atom. The van der Waals surface area contributed by atoms with E-state index in [1.54, 1.807) is 0 Å². The predicted octanol–water partition coefficient (Wildman–Crippen LogP) is 2.79. The molecule has 1 unspecified atom stereocenters. The van der Waals surface area contributed by atoms with Crippen molar-refractivity contribution in [3.8, 4) is 0 Å². The van der Waals surface area contributed by atoms with Gasteiger partial charge in [0.25, 0.3) is 0 Å². The van der Waals surface area contributed by atoms with Crippen LogP contribution in [0.2, 0.25) is 44.3 Å². The highest BCUT2D eigenvalue weighted by molar-refractivity contribution is 7.11. The molecule has 0 aromatic carbocycles. The lowest BCUT2D eigenvalue weighted by Gasteiger charge is -2.32. The molecule has 0 rings (SSSR count). The maximum Gasteiger partial charge on any atom is 0.175 e. The Bertz CT molecular complexity index is 201. The Labute approximate surface area is 108 Å². The molecule has 0 saturated heterocycles. The summed E-state index contributed by atoms with van der Waals surface area (Å²) < 4.78 is 12.6. The van der Waals surface area contributed by atoms with E-state index in [1.165, 1.54) is 6.04 Å². The van der Waals surface area contributed by atoms with Crippen LogP contribution in [0.15, 0.2) is 0 Å². The lowest BCUT2D eigenvalue weighted by molar-refractivity contribution is 0.541. The zero-order valence-electron chi connectivity index (χ0n) is 12.4. The highest BCUT2D eigenvalue weighted by Gasteiger charge is 2.31. The van der Waals surface area contributed by atoms with Crippen molar-refractivity contribution in [1.29, 1.82) is 0 Å². The predicted molar refractivity (Wildman–Crippen MR) is 84.3 cm³/mol. The molecule has 2 nitrogen and oxygen atoms in total. The molecule has 0 bridgehead atoms. The van der Waals surface area contributed by atoms with E-state index in [1.807, 2.05) is 0 Å². The Kier molecular flexibility index (Phi) is 6.98. The maximum atomic E-state index is 6.48. The minimum atomic E-state index is -1.43. The number of hydrogen-bond donors (Lipinski definition) is 0. The van der Waals surface area contributed by atoms with Gasteiger partial charge in [-0.3, -0.25) is 0 Å². The first kappa shape index (κ1) is 16.8. The van der Waals surface area contributed by atoms with Crippen LogP contribution < -0.4 is 0 Å². The summed E-state index contributed by atoms with van der Waals surface area (Å²) in [6, 6.07) is 1.25. The zero-order valence-corrected chi connectivity index (χ0v) is 17.0. The second kappa shape index (κ2) is 6.65. The summed E-state index contributed by atoms with van der Waals surface area (Å²) in [6.45, 7) is 18.4. The molecule has 0 saturated carbocycles. The Hall–Kier alpha value is 0.788. The Morgan fingerprint density at radius 1 is 1.12 bits per heavy atom. The summed E-state index contributed by atoms with van der Waals surface area (Å²) in [5, 5.41) is 0. The van der Waals surface area contributed by atoms with Gasteiger partial charge in [0.2, 0.25) is 0 Å². The van der Waals surface area contributed by atoms with Gasteiger partial charge in [0, 0.05) is 0 Å². The fourth-order valence-electron chi connectivity index (χ4n) is 1.14. The summed E-state index contributed by atoms with van der Waals surface area (Å²) >= 11 is 0. The normalized spacial score (nSPS) is 16.3. The molecule has 0 fully saturated rings. The first-order valence-corrected chi connectivity index (χ1v) is 17.9. The van der Waals surface area contributed by atoms with Gasteiger partial charge in [-0.25, -0.2) is 0 Å². The van der Waals surface area contributed by atoms with Crippen LogP contribution in [-0.4, -0.2) is 34.5 Å². The molecule has 0 aromatic rings. The van der Waals surface area contributed by atoms with E-state index in [0.717, 1.165) is 5.54 Å². The summed E-state index contributed by atoms with van der Waals surface area (Å²) in [7, 11) is -4.09. The van der Waals surface area contributed by atoms with Gasteiger partial charge in [0.1, 0.15) is 0 Å². The van der Waals surface area contributed by atoms with Gasteiger partial charge >= 0.3 is 0 Å². The molecular weight excluding hydrogens is 264 g/mol. The molecule has 0 aliphatic heterocycles. The van der Waals surface area contributed by atoms with Crippen molar-refractivity contribution in [2.24, 2.45) is 0 Å². The second-order valence-electron chi connectivity index (χ2n) is 6.33. The third kappa shape index (κ3) is 7.18. The van der Waals surface area contributed by atoms with Crippen molar-refractivity contribution in [3.63, 3.8) is 0 Å². The van der Waals surface area contributed by atoms with Gasteiger partial charge in [-0.05, 0) is 44.3 Å². The van der Waals surface area contributed by atoms with Crippen LogP contribution in [0.1, 0.15) is 20.8 Å². The molecule has 0 spiro atoms. The monoisotopic (exact) mass is 294 g/mol. The topological polar surface area (TPSA) is 18.5 Å². The Morgan fingerprint density at radius 3 is 1.94 bits per heavy atom.